The maximum absolute atomic E-state index is 11.9. The van der Waals surface area contributed by atoms with Crippen LogP contribution in [-0.2, 0) is 9.53 Å². The van der Waals surface area contributed by atoms with Gasteiger partial charge in [-0.25, -0.2) is 4.79 Å². The summed E-state index contributed by atoms with van der Waals surface area (Å²) in [6, 6.07) is 9.69. The highest BCUT2D eigenvalue weighted by Gasteiger charge is 2.14. The summed E-state index contributed by atoms with van der Waals surface area (Å²) in [5.41, 5.74) is 5.67. The van der Waals surface area contributed by atoms with Gasteiger partial charge in [-0.15, -0.1) is 0 Å². The Balaban J connectivity index is 2.37. The molecule has 0 radical (unpaired) electrons. The zero-order chi connectivity index (χ0) is 17.7. The summed E-state index contributed by atoms with van der Waals surface area (Å²) < 4.78 is 10.5. The number of rotatable bonds is 5. The number of amides is 1. The molecule has 0 saturated heterocycles. The van der Waals surface area contributed by atoms with E-state index in [9.17, 15) is 9.59 Å². The number of carbonyl (C=O) groups excluding carboxylic acids is 2. The molecule has 1 aromatic carbocycles. The predicted molar refractivity (Wildman–Crippen MR) is 87.9 cm³/mol. The molecule has 0 aliphatic rings. The molecule has 0 aliphatic carbocycles. The van der Waals surface area contributed by atoms with E-state index in [1.165, 1.54) is 6.08 Å². The maximum Gasteiger partial charge on any atom is 0.339 e. The third-order valence-electron chi connectivity index (χ3n) is 3.05. The minimum atomic E-state index is -0.841. The molecule has 0 saturated carbocycles. The highest BCUT2D eigenvalue weighted by Crippen LogP contribution is 2.28. The first-order valence-corrected chi connectivity index (χ1v) is 7.32. The summed E-state index contributed by atoms with van der Waals surface area (Å²) in [6.07, 6.45) is 1.24. The predicted octanol–water partition coefficient (Wildman–Crippen LogP) is 3.17. The number of hydrogen-bond acceptors (Lipinski definition) is 5. The molecule has 1 amide bonds. The molecule has 24 heavy (non-hydrogen) atoms. The second-order valence-corrected chi connectivity index (χ2v) is 5.06. The molecule has 2 N–H and O–H groups in total. The molecular weight excluding hydrogens is 332 g/mol. The van der Waals surface area contributed by atoms with Crippen molar-refractivity contribution >= 4 is 29.6 Å². The number of primary amides is 1. The first kappa shape index (κ1) is 17.3. The normalized spacial score (nSPS) is 11.0. The van der Waals surface area contributed by atoms with Crippen LogP contribution in [0.25, 0.3) is 17.4 Å². The Morgan fingerprint density at radius 1 is 1.38 bits per heavy atom. The Morgan fingerprint density at radius 2 is 2.12 bits per heavy atom. The summed E-state index contributed by atoms with van der Waals surface area (Å²) >= 11 is 6.01. The van der Waals surface area contributed by atoms with Crippen molar-refractivity contribution in [2.45, 2.75) is 6.92 Å². The van der Waals surface area contributed by atoms with Gasteiger partial charge in [-0.1, -0.05) is 11.6 Å². The van der Waals surface area contributed by atoms with Crippen LogP contribution in [0.2, 0.25) is 5.02 Å². The molecule has 0 fully saturated rings. The topological polar surface area (TPSA) is 106 Å². The number of carbonyl (C=O) groups is 2. The molecular formula is C17H13ClN2O4. The molecule has 0 aliphatic heterocycles. The quantitative estimate of drug-likeness (QED) is 0.509. The van der Waals surface area contributed by atoms with Gasteiger partial charge >= 0.3 is 5.97 Å². The Bertz CT molecular complexity index is 862. The minimum absolute atomic E-state index is 0.222. The van der Waals surface area contributed by atoms with Crippen molar-refractivity contribution in [3.05, 3.63) is 52.3 Å². The summed E-state index contributed by atoms with van der Waals surface area (Å²) in [6.45, 7) is 1.94. The average molecular weight is 345 g/mol. The summed E-state index contributed by atoms with van der Waals surface area (Å²) in [4.78, 5) is 22.9. The monoisotopic (exact) mass is 344 g/mol. The molecule has 1 heterocycles. The van der Waals surface area contributed by atoms with Gasteiger partial charge in [-0.05, 0) is 37.3 Å². The van der Waals surface area contributed by atoms with E-state index in [4.69, 9.17) is 31.8 Å². The number of hydrogen-bond donors (Lipinski definition) is 1. The van der Waals surface area contributed by atoms with Gasteiger partial charge in [0.05, 0.1) is 17.2 Å². The lowest BCUT2D eigenvalue weighted by Crippen LogP contribution is -2.12. The number of halogens is 1. The highest BCUT2D eigenvalue weighted by atomic mass is 35.5. The molecule has 2 aromatic rings. The molecule has 0 unspecified atom stereocenters. The van der Waals surface area contributed by atoms with Crippen LogP contribution < -0.4 is 5.73 Å². The molecule has 1 aromatic heterocycles. The van der Waals surface area contributed by atoms with Gasteiger partial charge in [0, 0.05) is 11.6 Å². The molecule has 0 spiro atoms. The smallest absolute Gasteiger partial charge is 0.339 e. The Hall–Kier alpha value is -3.04. The summed E-state index contributed by atoms with van der Waals surface area (Å²) in [5.74, 6) is -0.652. The van der Waals surface area contributed by atoms with E-state index in [0.717, 1.165) is 0 Å². The molecule has 6 nitrogen and oxygen atoms in total. The van der Waals surface area contributed by atoms with E-state index < -0.39 is 11.9 Å². The van der Waals surface area contributed by atoms with Crippen molar-refractivity contribution in [3.63, 3.8) is 0 Å². The summed E-state index contributed by atoms with van der Waals surface area (Å²) in [7, 11) is 0. The third kappa shape index (κ3) is 3.83. The number of furan rings is 1. The lowest BCUT2D eigenvalue weighted by molar-refractivity contribution is -0.114. The van der Waals surface area contributed by atoms with E-state index in [0.29, 0.717) is 11.3 Å². The fourth-order valence-electron chi connectivity index (χ4n) is 1.93. The van der Waals surface area contributed by atoms with Gasteiger partial charge in [0.15, 0.2) is 0 Å². The molecule has 0 bridgehead atoms. The minimum Gasteiger partial charge on any atom is -0.462 e. The number of esters is 1. The van der Waals surface area contributed by atoms with Crippen LogP contribution >= 0.6 is 11.6 Å². The SMILES string of the molecule is CCOC(=O)c1cc(-c2ccc(/C=C(\C#N)C(N)=O)o2)ccc1Cl. The van der Waals surface area contributed by atoms with Crippen LogP contribution in [0, 0.1) is 11.3 Å². The number of benzene rings is 1. The Labute approximate surface area is 143 Å². The second-order valence-electron chi connectivity index (χ2n) is 4.65. The number of nitriles is 1. The highest BCUT2D eigenvalue weighted by molar-refractivity contribution is 6.33. The van der Waals surface area contributed by atoms with Gasteiger partial charge in [0.2, 0.25) is 0 Å². The van der Waals surface area contributed by atoms with Crippen molar-refractivity contribution in [2.24, 2.45) is 5.73 Å². The van der Waals surface area contributed by atoms with Crippen molar-refractivity contribution < 1.29 is 18.7 Å². The van der Waals surface area contributed by atoms with E-state index in [2.05, 4.69) is 0 Å². The van der Waals surface area contributed by atoms with E-state index >= 15 is 0 Å². The molecule has 2 rings (SSSR count). The first-order chi connectivity index (χ1) is 11.5. The summed E-state index contributed by atoms with van der Waals surface area (Å²) in [5, 5.41) is 9.10. The Morgan fingerprint density at radius 3 is 2.75 bits per heavy atom. The van der Waals surface area contributed by atoms with Gasteiger partial charge in [-0.2, -0.15) is 5.26 Å². The maximum atomic E-state index is 11.9. The van der Waals surface area contributed by atoms with Crippen LogP contribution in [0.5, 0.6) is 0 Å². The number of nitrogens with zero attached hydrogens (tertiary/aromatic N) is 1. The second kappa shape index (κ2) is 7.49. The van der Waals surface area contributed by atoms with E-state index in [1.54, 1.807) is 43.3 Å². The molecule has 7 heteroatoms. The zero-order valence-corrected chi connectivity index (χ0v) is 13.5. The lowest BCUT2D eigenvalue weighted by Gasteiger charge is -2.05. The van der Waals surface area contributed by atoms with Crippen LogP contribution in [0.1, 0.15) is 23.0 Å². The first-order valence-electron chi connectivity index (χ1n) is 6.94. The lowest BCUT2D eigenvalue weighted by atomic mass is 10.1. The molecule has 122 valence electrons. The van der Waals surface area contributed by atoms with E-state index in [-0.39, 0.29) is 28.5 Å². The fourth-order valence-corrected chi connectivity index (χ4v) is 2.12. The molecule has 0 atom stereocenters. The van der Waals surface area contributed by atoms with Gasteiger partial charge < -0.3 is 14.9 Å². The number of nitrogens with two attached hydrogens (primary N) is 1. The van der Waals surface area contributed by atoms with Crippen molar-refractivity contribution in [3.8, 4) is 17.4 Å². The number of ether oxygens (including phenoxy) is 1. The average Bonchev–Trinajstić information content (AvgIpc) is 3.01. The van der Waals surface area contributed by atoms with Gasteiger partial charge in [0.25, 0.3) is 5.91 Å². The van der Waals surface area contributed by atoms with Crippen LogP contribution in [0.4, 0.5) is 0 Å². The standard InChI is InChI=1S/C17H13ClN2O4/c1-2-23-17(22)13-8-10(3-5-14(13)18)15-6-4-12(24-15)7-11(9-19)16(20)21/h3-8H,2H2,1H3,(H2,20,21)/b11-7+. The van der Waals surface area contributed by atoms with Crippen molar-refractivity contribution in [2.75, 3.05) is 6.61 Å². The van der Waals surface area contributed by atoms with Crippen molar-refractivity contribution in [1.82, 2.24) is 0 Å². The zero-order valence-electron chi connectivity index (χ0n) is 12.7. The van der Waals surface area contributed by atoms with Crippen LogP contribution in [-0.4, -0.2) is 18.5 Å². The van der Waals surface area contributed by atoms with Crippen molar-refractivity contribution in [1.29, 1.82) is 5.26 Å². The fraction of sp³-hybridized carbons (Fsp3) is 0.118. The van der Waals surface area contributed by atoms with Gasteiger partial charge in [-0.3, -0.25) is 4.79 Å². The van der Waals surface area contributed by atoms with Crippen LogP contribution in [0.15, 0.2) is 40.3 Å². The largest absolute Gasteiger partial charge is 0.462 e. The van der Waals surface area contributed by atoms with Gasteiger partial charge in [0.1, 0.15) is 23.2 Å². The van der Waals surface area contributed by atoms with E-state index in [1.807, 2.05) is 0 Å². The third-order valence-corrected chi connectivity index (χ3v) is 3.38. The van der Waals surface area contributed by atoms with Crippen LogP contribution in [0.3, 0.4) is 0 Å². The Kier molecular flexibility index (Phi) is 5.40.